The third-order valence-corrected chi connectivity index (χ3v) is 3.67. The standard InChI is InChI=1S/C14H18BrNO5/c1-4-5-9(14(18)19)16-13(17)8-6-10(20-2)12(15)11(7-8)21-3/h6-7,9H,4-5H2,1-3H3,(H,16,17)(H,18,19)/t9-/m1/s1. The maximum atomic E-state index is 12.2. The Morgan fingerprint density at radius 3 is 2.19 bits per heavy atom. The van der Waals surface area contributed by atoms with E-state index >= 15 is 0 Å². The van der Waals surface area contributed by atoms with E-state index in [0.29, 0.717) is 28.8 Å². The van der Waals surface area contributed by atoms with Crippen molar-refractivity contribution in [3.8, 4) is 11.5 Å². The molecule has 21 heavy (non-hydrogen) atoms. The number of carbonyl (C=O) groups is 2. The molecular weight excluding hydrogens is 342 g/mol. The van der Waals surface area contributed by atoms with Gasteiger partial charge in [0.15, 0.2) is 0 Å². The van der Waals surface area contributed by atoms with Crippen molar-refractivity contribution < 1.29 is 24.2 Å². The Kier molecular flexibility index (Phi) is 6.48. The first kappa shape index (κ1) is 17.3. The second kappa shape index (κ2) is 7.87. The Balaban J connectivity index is 3.04. The second-order valence-electron chi connectivity index (χ2n) is 4.35. The number of halogens is 1. The topological polar surface area (TPSA) is 84.9 Å². The SMILES string of the molecule is CCC[C@@H](NC(=O)c1cc(OC)c(Br)c(OC)c1)C(=O)O. The number of ether oxygens (including phenoxy) is 2. The molecule has 1 amide bonds. The van der Waals surface area contributed by atoms with Crippen LogP contribution in [0.3, 0.4) is 0 Å². The van der Waals surface area contributed by atoms with Gasteiger partial charge in [-0.15, -0.1) is 0 Å². The molecule has 0 radical (unpaired) electrons. The first-order valence-corrected chi connectivity index (χ1v) is 7.19. The van der Waals surface area contributed by atoms with Crippen LogP contribution in [0.5, 0.6) is 11.5 Å². The predicted octanol–water partition coefficient (Wildman–Crippen LogP) is 2.45. The van der Waals surface area contributed by atoms with Crippen molar-refractivity contribution in [3.63, 3.8) is 0 Å². The van der Waals surface area contributed by atoms with Gasteiger partial charge in [0.25, 0.3) is 5.91 Å². The van der Waals surface area contributed by atoms with Crippen LogP contribution >= 0.6 is 15.9 Å². The predicted molar refractivity (Wildman–Crippen MR) is 81.0 cm³/mol. The maximum absolute atomic E-state index is 12.2. The van der Waals surface area contributed by atoms with Gasteiger partial charge in [-0.05, 0) is 34.5 Å². The number of carbonyl (C=O) groups excluding carboxylic acids is 1. The summed E-state index contributed by atoms with van der Waals surface area (Å²) in [5, 5.41) is 11.6. The summed E-state index contributed by atoms with van der Waals surface area (Å²) in [6.07, 6.45) is 1.02. The van der Waals surface area contributed by atoms with Gasteiger partial charge in [-0.1, -0.05) is 13.3 Å². The first-order chi connectivity index (χ1) is 9.94. The van der Waals surface area contributed by atoms with Crippen molar-refractivity contribution in [3.05, 3.63) is 22.2 Å². The molecule has 0 heterocycles. The molecule has 0 bridgehead atoms. The van der Waals surface area contributed by atoms with Crippen LogP contribution in [0.25, 0.3) is 0 Å². The van der Waals surface area contributed by atoms with Gasteiger partial charge >= 0.3 is 5.97 Å². The molecule has 0 spiro atoms. The summed E-state index contributed by atoms with van der Waals surface area (Å²) < 4.78 is 10.9. The van der Waals surface area contributed by atoms with Crippen molar-refractivity contribution >= 4 is 27.8 Å². The molecule has 6 nitrogen and oxygen atoms in total. The average Bonchev–Trinajstić information content (AvgIpc) is 2.46. The number of nitrogens with one attached hydrogen (secondary N) is 1. The number of hydrogen-bond acceptors (Lipinski definition) is 4. The summed E-state index contributed by atoms with van der Waals surface area (Å²) in [5.74, 6) is -0.676. The van der Waals surface area contributed by atoms with E-state index in [9.17, 15) is 9.59 Å². The Hall–Kier alpha value is -1.76. The minimum atomic E-state index is -1.05. The largest absolute Gasteiger partial charge is 0.495 e. The minimum Gasteiger partial charge on any atom is -0.495 e. The van der Waals surface area contributed by atoms with E-state index in [0.717, 1.165) is 0 Å². The number of methoxy groups -OCH3 is 2. The summed E-state index contributed by atoms with van der Waals surface area (Å²) in [7, 11) is 2.94. The molecule has 1 rings (SSSR count). The number of amides is 1. The number of hydrogen-bond donors (Lipinski definition) is 2. The van der Waals surface area contributed by atoms with Crippen LogP contribution in [0.1, 0.15) is 30.1 Å². The Morgan fingerprint density at radius 1 is 1.29 bits per heavy atom. The first-order valence-electron chi connectivity index (χ1n) is 6.39. The molecule has 0 aromatic heterocycles. The molecule has 0 saturated heterocycles. The third kappa shape index (κ3) is 4.35. The number of benzene rings is 1. The zero-order chi connectivity index (χ0) is 16.0. The van der Waals surface area contributed by atoms with Gasteiger partial charge in [0.2, 0.25) is 0 Å². The highest BCUT2D eigenvalue weighted by Gasteiger charge is 2.21. The van der Waals surface area contributed by atoms with Crippen LogP contribution in [-0.2, 0) is 4.79 Å². The van der Waals surface area contributed by atoms with Crippen LogP contribution in [0.2, 0.25) is 0 Å². The van der Waals surface area contributed by atoms with Crippen LogP contribution < -0.4 is 14.8 Å². The van der Waals surface area contributed by atoms with E-state index in [2.05, 4.69) is 21.2 Å². The summed E-state index contributed by atoms with van der Waals surface area (Å²) in [4.78, 5) is 23.3. The molecule has 1 atom stereocenters. The second-order valence-corrected chi connectivity index (χ2v) is 5.14. The highest BCUT2D eigenvalue weighted by molar-refractivity contribution is 9.10. The molecule has 0 aliphatic rings. The molecule has 0 saturated carbocycles. The lowest BCUT2D eigenvalue weighted by Crippen LogP contribution is -2.40. The molecular formula is C14H18BrNO5. The van der Waals surface area contributed by atoms with Crippen LogP contribution in [-0.4, -0.2) is 37.2 Å². The molecule has 1 aromatic carbocycles. The lowest BCUT2D eigenvalue weighted by atomic mass is 10.1. The summed E-state index contributed by atoms with van der Waals surface area (Å²) in [6, 6.07) is 2.13. The van der Waals surface area contributed by atoms with E-state index in [4.69, 9.17) is 14.6 Å². The molecule has 0 aliphatic heterocycles. The van der Waals surface area contributed by atoms with E-state index in [-0.39, 0.29) is 5.56 Å². The highest BCUT2D eigenvalue weighted by atomic mass is 79.9. The molecule has 1 aromatic rings. The number of aliphatic carboxylic acids is 1. The third-order valence-electron chi connectivity index (χ3n) is 2.89. The van der Waals surface area contributed by atoms with Gasteiger partial charge in [-0.3, -0.25) is 4.79 Å². The van der Waals surface area contributed by atoms with Gasteiger partial charge in [0, 0.05) is 5.56 Å². The Labute approximate surface area is 131 Å². The molecule has 116 valence electrons. The van der Waals surface area contributed by atoms with Crippen molar-refractivity contribution in [2.75, 3.05) is 14.2 Å². The van der Waals surface area contributed by atoms with E-state index in [1.807, 2.05) is 6.92 Å². The Bertz CT molecular complexity index is 507. The average molecular weight is 360 g/mol. The smallest absolute Gasteiger partial charge is 0.326 e. The van der Waals surface area contributed by atoms with Gasteiger partial charge in [0.1, 0.15) is 22.0 Å². The lowest BCUT2D eigenvalue weighted by Gasteiger charge is -2.15. The van der Waals surface area contributed by atoms with Gasteiger partial charge in [-0.25, -0.2) is 4.79 Å². The van der Waals surface area contributed by atoms with E-state index in [1.165, 1.54) is 26.4 Å². The Morgan fingerprint density at radius 2 is 1.81 bits per heavy atom. The van der Waals surface area contributed by atoms with E-state index in [1.54, 1.807) is 0 Å². The van der Waals surface area contributed by atoms with Crippen molar-refractivity contribution in [1.29, 1.82) is 0 Å². The fourth-order valence-corrected chi connectivity index (χ4v) is 2.34. The van der Waals surface area contributed by atoms with Crippen molar-refractivity contribution in [2.24, 2.45) is 0 Å². The zero-order valence-corrected chi connectivity index (χ0v) is 13.7. The monoisotopic (exact) mass is 359 g/mol. The van der Waals surface area contributed by atoms with Crippen LogP contribution in [0, 0.1) is 0 Å². The fourth-order valence-electron chi connectivity index (χ4n) is 1.79. The maximum Gasteiger partial charge on any atom is 0.326 e. The lowest BCUT2D eigenvalue weighted by molar-refractivity contribution is -0.139. The molecule has 0 aliphatic carbocycles. The van der Waals surface area contributed by atoms with Gasteiger partial charge in [-0.2, -0.15) is 0 Å². The summed E-state index contributed by atoms with van der Waals surface area (Å²) in [5.41, 5.74) is 0.272. The van der Waals surface area contributed by atoms with Crippen molar-refractivity contribution in [2.45, 2.75) is 25.8 Å². The number of carboxylic acids is 1. The number of rotatable bonds is 7. The van der Waals surface area contributed by atoms with Crippen molar-refractivity contribution in [1.82, 2.24) is 5.32 Å². The zero-order valence-electron chi connectivity index (χ0n) is 12.1. The molecule has 0 unspecified atom stereocenters. The normalized spacial score (nSPS) is 11.6. The highest BCUT2D eigenvalue weighted by Crippen LogP contribution is 2.35. The minimum absolute atomic E-state index is 0.272. The number of carboxylic acid groups (broad SMARTS) is 1. The summed E-state index contributed by atoms with van der Waals surface area (Å²) in [6.45, 7) is 1.85. The van der Waals surface area contributed by atoms with Gasteiger partial charge < -0.3 is 19.9 Å². The fraction of sp³-hybridized carbons (Fsp3) is 0.429. The van der Waals surface area contributed by atoms with Crippen LogP contribution in [0.4, 0.5) is 0 Å². The van der Waals surface area contributed by atoms with Gasteiger partial charge in [0.05, 0.1) is 14.2 Å². The summed E-state index contributed by atoms with van der Waals surface area (Å²) >= 11 is 3.31. The quantitative estimate of drug-likeness (QED) is 0.780. The van der Waals surface area contributed by atoms with E-state index < -0.39 is 17.9 Å². The van der Waals surface area contributed by atoms with Crippen LogP contribution in [0.15, 0.2) is 16.6 Å². The molecule has 2 N–H and O–H groups in total. The molecule has 7 heteroatoms. The molecule has 0 fully saturated rings.